The highest BCUT2D eigenvalue weighted by molar-refractivity contribution is 7.99. The van der Waals surface area contributed by atoms with E-state index in [2.05, 4.69) is 43.3 Å². The molecular formula is C14H26N4S. The summed E-state index contributed by atoms with van der Waals surface area (Å²) in [6, 6.07) is 0.584. The predicted molar refractivity (Wildman–Crippen MR) is 80.3 cm³/mol. The quantitative estimate of drug-likeness (QED) is 0.925. The fourth-order valence-corrected chi connectivity index (χ4v) is 4.23. The molecule has 0 saturated heterocycles. The third-order valence-corrected chi connectivity index (χ3v) is 5.72. The van der Waals surface area contributed by atoms with Crippen LogP contribution in [0.5, 0.6) is 0 Å². The molecule has 1 heterocycles. The summed E-state index contributed by atoms with van der Waals surface area (Å²) in [6.45, 7) is 7.09. The molecule has 0 amide bonds. The van der Waals surface area contributed by atoms with E-state index in [1.165, 1.54) is 19.3 Å². The number of aryl methyl sites for hydroxylation is 1. The molecule has 0 bridgehead atoms. The first kappa shape index (κ1) is 14.9. The number of nitrogens with one attached hydrogen (secondary N) is 1. The smallest absolute Gasteiger partial charge is 0.191 e. The van der Waals surface area contributed by atoms with Crippen molar-refractivity contribution in [2.75, 3.05) is 7.05 Å². The van der Waals surface area contributed by atoms with Gasteiger partial charge >= 0.3 is 0 Å². The van der Waals surface area contributed by atoms with Crippen molar-refractivity contribution in [3.05, 3.63) is 6.33 Å². The number of hydrogen-bond donors (Lipinski definition) is 1. The molecular weight excluding hydrogens is 256 g/mol. The highest BCUT2D eigenvalue weighted by atomic mass is 32.2. The van der Waals surface area contributed by atoms with Crippen LogP contribution in [0.4, 0.5) is 0 Å². The Kier molecular flexibility index (Phi) is 4.56. The SMILES string of the molecule is CNC1CCC(C(C)(C)C)CC1Sc1nncn1C. The van der Waals surface area contributed by atoms with E-state index < -0.39 is 0 Å². The van der Waals surface area contributed by atoms with Crippen molar-refractivity contribution >= 4 is 11.8 Å². The number of rotatable bonds is 3. The van der Waals surface area contributed by atoms with E-state index in [0.29, 0.717) is 16.7 Å². The summed E-state index contributed by atoms with van der Waals surface area (Å²) < 4.78 is 2.01. The van der Waals surface area contributed by atoms with Crippen LogP contribution in [-0.4, -0.2) is 33.1 Å². The van der Waals surface area contributed by atoms with Gasteiger partial charge in [0, 0.05) is 18.3 Å². The van der Waals surface area contributed by atoms with Crippen LogP contribution >= 0.6 is 11.8 Å². The molecule has 0 radical (unpaired) electrons. The molecule has 2 rings (SSSR count). The van der Waals surface area contributed by atoms with Crippen molar-refractivity contribution < 1.29 is 0 Å². The Hall–Kier alpha value is -0.550. The van der Waals surface area contributed by atoms with Crippen LogP contribution in [0.1, 0.15) is 40.0 Å². The summed E-state index contributed by atoms with van der Waals surface area (Å²) in [5.41, 5.74) is 0.400. The minimum absolute atomic E-state index is 0.400. The van der Waals surface area contributed by atoms with E-state index in [1.807, 2.05) is 23.4 Å². The van der Waals surface area contributed by atoms with E-state index in [0.717, 1.165) is 11.1 Å². The molecule has 1 aromatic heterocycles. The Bertz CT molecular complexity index is 410. The molecule has 108 valence electrons. The van der Waals surface area contributed by atoms with Gasteiger partial charge in [-0.05, 0) is 37.6 Å². The Labute approximate surface area is 120 Å². The van der Waals surface area contributed by atoms with Gasteiger partial charge in [-0.2, -0.15) is 0 Å². The van der Waals surface area contributed by atoms with Gasteiger partial charge in [0.2, 0.25) is 0 Å². The lowest BCUT2D eigenvalue weighted by Crippen LogP contribution is -2.43. The van der Waals surface area contributed by atoms with Crippen molar-refractivity contribution in [3.63, 3.8) is 0 Å². The molecule has 19 heavy (non-hydrogen) atoms. The fourth-order valence-electron chi connectivity index (χ4n) is 2.89. The number of thioether (sulfide) groups is 1. The summed E-state index contributed by atoms with van der Waals surface area (Å²) >= 11 is 1.88. The van der Waals surface area contributed by atoms with Crippen molar-refractivity contribution in [1.82, 2.24) is 20.1 Å². The van der Waals surface area contributed by atoms with Gasteiger partial charge < -0.3 is 9.88 Å². The van der Waals surface area contributed by atoms with E-state index in [4.69, 9.17) is 0 Å². The molecule has 5 heteroatoms. The standard InChI is InChI=1S/C14H26N4S/c1-14(2,3)10-6-7-11(15-4)12(8-10)19-13-17-16-9-18(13)5/h9-12,15H,6-8H2,1-5H3. The maximum absolute atomic E-state index is 4.21. The van der Waals surface area contributed by atoms with Gasteiger partial charge in [-0.25, -0.2) is 0 Å². The first-order valence-corrected chi connectivity index (χ1v) is 7.97. The lowest BCUT2D eigenvalue weighted by Gasteiger charge is -2.41. The zero-order chi connectivity index (χ0) is 14.0. The monoisotopic (exact) mass is 282 g/mol. The van der Waals surface area contributed by atoms with Crippen LogP contribution in [0.15, 0.2) is 11.5 Å². The third-order valence-electron chi connectivity index (χ3n) is 4.31. The lowest BCUT2D eigenvalue weighted by atomic mass is 9.71. The van der Waals surface area contributed by atoms with Crippen molar-refractivity contribution in [3.8, 4) is 0 Å². The molecule has 0 aliphatic heterocycles. The van der Waals surface area contributed by atoms with E-state index in [1.54, 1.807) is 6.33 Å². The zero-order valence-electron chi connectivity index (χ0n) is 12.7. The molecule has 0 spiro atoms. The Balaban J connectivity index is 2.08. The minimum atomic E-state index is 0.400. The number of nitrogens with zero attached hydrogens (tertiary/aromatic N) is 3. The van der Waals surface area contributed by atoms with Gasteiger partial charge in [0.05, 0.1) is 0 Å². The molecule has 1 aliphatic rings. The first-order valence-electron chi connectivity index (χ1n) is 7.09. The molecule has 4 nitrogen and oxygen atoms in total. The van der Waals surface area contributed by atoms with Gasteiger partial charge in [-0.15, -0.1) is 10.2 Å². The predicted octanol–water partition coefficient (Wildman–Crippen LogP) is 2.71. The van der Waals surface area contributed by atoms with Crippen LogP contribution in [-0.2, 0) is 7.05 Å². The second-order valence-corrected chi connectivity index (χ2v) is 7.86. The Morgan fingerprint density at radius 2 is 2.11 bits per heavy atom. The molecule has 0 aromatic carbocycles. The summed E-state index contributed by atoms with van der Waals surface area (Å²) in [7, 11) is 4.09. The van der Waals surface area contributed by atoms with Gasteiger partial charge in [-0.1, -0.05) is 32.5 Å². The van der Waals surface area contributed by atoms with Crippen LogP contribution in [0.25, 0.3) is 0 Å². The number of hydrogen-bond acceptors (Lipinski definition) is 4. The summed E-state index contributed by atoms with van der Waals surface area (Å²) in [4.78, 5) is 0. The number of aromatic nitrogens is 3. The maximum Gasteiger partial charge on any atom is 0.191 e. The Morgan fingerprint density at radius 3 is 2.63 bits per heavy atom. The molecule has 3 unspecified atom stereocenters. The molecule has 1 aromatic rings. The van der Waals surface area contributed by atoms with Crippen molar-refractivity contribution in [1.29, 1.82) is 0 Å². The third kappa shape index (κ3) is 3.51. The highest BCUT2D eigenvalue weighted by Gasteiger charge is 2.36. The van der Waals surface area contributed by atoms with Gasteiger partial charge in [0.15, 0.2) is 5.16 Å². The molecule has 1 aliphatic carbocycles. The second-order valence-electron chi connectivity index (χ2n) is 6.65. The second kappa shape index (κ2) is 5.83. The van der Waals surface area contributed by atoms with Crippen LogP contribution < -0.4 is 5.32 Å². The van der Waals surface area contributed by atoms with Gasteiger partial charge in [0.1, 0.15) is 6.33 Å². The summed E-state index contributed by atoms with van der Waals surface area (Å²) in [5, 5.41) is 13.3. The van der Waals surface area contributed by atoms with Crippen LogP contribution in [0.3, 0.4) is 0 Å². The largest absolute Gasteiger partial charge is 0.316 e. The topological polar surface area (TPSA) is 42.7 Å². The van der Waals surface area contributed by atoms with Crippen molar-refractivity contribution in [2.45, 2.75) is 56.5 Å². The summed E-state index contributed by atoms with van der Waals surface area (Å²) in [5.74, 6) is 0.794. The van der Waals surface area contributed by atoms with E-state index >= 15 is 0 Å². The zero-order valence-corrected chi connectivity index (χ0v) is 13.5. The van der Waals surface area contributed by atoms with E-state index in [9.17, 15) is 0 Å². The van der Waals surface area contributed by atoms with E-state index in [-0.39, 0.29) is 0 Å². The van der Waals surface area contributed by atoms with Gasteiger partial charge in [-0.3, -0.25) is 0 Å². The lowest BCUT2D eigenvalue weighted by molar-refractivity contribution is 0.167. The van der Waals surface area contributed by atoms with Crippen LogP contribution in [0.2, 0.25) is 0 Å². The molecule has 1 fully saturated rings. The highest BCUT2D eigenvalue weighted by Crippen LogP contribution is 2.42. The van der Waals surface area contributed by atoms with Crippen molar-refractivity contribution in [2.24, 2.45) is 18.4 Å². The minimum Gasteiger partial charge on any atom is -0.316 e. The Morgan fingerprint density at radius 1 is 1.37 bits per heavy atom. The fraction of sp³-hybridized carbons (Fsp3) is 0.857. The average molecular weight is 282 g/mol. The van der Waals surface area contributed by atoms with Crippen LogP contribution in [0, 0.1) is 11.3 Å². The first-order chi connectivity index (χ1) is 8.91. The summed E-state index contributed by atoms with van der Waals surface area (Å²) in [6.07, 6.45) is 5.62. The van der Waals surface area contributed by atoms with Gasteiger partial charge in [0.25, 0.3) is 0 Å². The molecule has 3 atom stereocenters. The average Bonchev–Trinajstić information content (AvgIpc) is 2.74. The molecule has 1 saturated carbocycles. The molecule has 1 N–H and O–H groups in total. The normalized spacial score (nSPS) is 28.6. The maximum atomic E-state index is 4.21.